The van der Waals surface area contributed by atoms with Gasteiger partial charge in [0.05, 0.1) is 6.61 Å². The number of hydrogen-bond donors (Lipinski definition) is 0. The summed E-state index contributed by atoms with van der Waals surface area (Å²) in [5.74, 6) is -0.293. The van der Waals surface area contributed by atoms with E-state index in [2.05, 4.69) is 0 Å². The number of carbonyl (C=O) groups excluding carboxylic acids is 1. The molecule has 2 atom stereocenters. The van der Waals surface area contributed by atoms with Gasteiger partial charge in [-0.25, -0.2) is 0 Å². The molecule has 1 rings (SSSR count). The second kappa shape index (κ2) is 4.99. The Balaban J connectivity index is 2.21. The summed E-state index contributed by atoms with van der Waals surface area (Å²) in [6, 6.07) is 0. The van der Waals surface area contributed by atoms with Crippen LogP contribution in [0.3, 0.4) is 0 Å². The molecule has 13 heavy (non-hydrogen) atoms. The molecule has 0 saturated carbocycles. The molecule has 4 nitrogen and oxygen atoms in total. The van der Waals surface area contributed by atoms with Gasteiger partial charge in [-0.2, -0.15) is 0 Å². The highest BCUT2D eigenvalue weighted by atomic mass is 16.7. The van der Waals surface area contributed by atoms with Gasteiger partial charge >= 0.3 is 5.97 Å². The summed E-state index contributed by atoms with van der Waals surface area (Å²) < 4.78 is 15.4. The monoisotopic (exact) mass is 186 g/mol. The Labute approximate surface area is 77.5 Å². The van der Waals surface area contributed by atoms with Gasteiger partial charge in [0.25, 0.3) is 0 Å². The Morgan fingerprint density at radius 1 is 1.69 bits per heavy atom. The SMILES string of the molecule is C/C=C/C1OCC(COC(C)=O)O1. The van der Waals surface area contributed by atoms with Crippen molar-refractivity contribution in [2.45, 2.75) is 26.2 Å². The molecule has 0 amide bonds. The highest BCUT2D eigenvalue weighted by Crippen LogP contribution is 2.12. The third-order valence-electron chi connectivity index (χ3n) is 1.60. The minimum absolute atomic E-state index is 0.134. The molecule has 1 fully saturated rings. The van der Waals surface area contributed by atoms with Crippen LogP contribution in [0.2, 0.25) is 0 Å². The van der Waals surface area contributed by atoms with Crippen LogP contribution in [0.25, 0.3) is 0 Å². The Hall–Kier alpha value is -0.870. The van der Waals surface area contributed by atoms with Crippen molar-refractivity contribution >= 4 is 5.97 Å². The average Bonchev–Trinajstić information content (AvgIpc) is 2.50. The maximum Gasteiger partial charge on any atom is 0.302 e. The lowest BCUT2D eigenvalue weighted by Crippen LogP contribution is -2.20. The molecule has 4 heteroatoms. The molecule has 1 heterocycles. The summed E-state index contributed by atoms with van der Waals surface area (Å²) in [5.41, 5.74) is 0. The van der Waals surface area contributed by atoms with Crippen molar-refractivity contribution in [1.29, 1.82) is 0 Å². The first-order valence-electron chi connectivity index (χ1n) is 4.25. The van der Waals surface area contributed by atoms with Gasteiger partial charge in [0.15, 0.2) is 6.29 Å². The molecule has 0 bridgehead atoms. The fourth-order valence-electron chi connectivity index (χ4n) is 1.03. The van der Waals surface area contributed by atoms with Crippen molar-refractivity contribution in [3.8, 4) is 0 Å². The van der Waals surface area contributed by atoms with E-state index < -0.39 is 0 Å². The van der Waals surface area contributed by atoms with Crippen LogP contribution in [0, 0.1) is 0 Å². The Morgan fingerprint density at radius 2 is 2.46 bits per heavy atom. The summed E-state index contributed by atoms with van der Waals surface area (Å²) in [4.78, 5) is 10.5. The van der Waals surface area contributed by atoms with Gasteiger partial charge in [0.1, 0.15) is 12.7 Å². The normalized spacial score (nSPS) is 28.2. The van der Waals surface area contributed by atoms with Crippen molar-refractivity contribution in [2.24, 2.45) is 0 Å². The van der Waals surface area contributed by atoms with Gasteiger partial charge in [-0.05, 0) is 13.0 Å². The first-order valence-corrected chi connectivity index (χ1v) is 4.25. The lowest BCUT2D eigenvalue weighted by Gasteiger charge is -2.07. The van der Waals surface area contributed by atoms with Crippen LogP contribution in [0.4, 0.5) is 0 Å². The smallest absolute Gasteiger partial charge is 0.302 e. The van der Waals surface area contributed by atoms with Gasteiger partial charge in [-0.15, -0.1) is 0 Å². The maximum absolute atomic E-state index is 10.5. The van der Waals surface area contributed by atoms with Crippen LogP contribution in [-0.4, -0.2) is 31.6 Å². The Morgan fingerprint density at radius 3 is 3.08 bits per heavy atom. The van der Waals surface area contributed by atoms with E-state index in [1.54, 1.807) is 0 Å². The van der Waals surface area contributed by atoms with Crippen LogP contribution in [0.5, 0.6) is 0 Å². The van der Waals surface area contributed by atoms with Gasteiger partial charge in [0.2, 0.25) is 0 Å². The molecular weight excluding hydrogens is 172 g/mol. The number of hydrogen-bond acceptors (Lipinski definition) is 4. The summed E-state index contributed by atoms with van der Waals surface area (Å²) >= 11 is 0. The average molecular weight is 186 g/mol. The minimum atomic E-state index is -0.293. The molecule has 74 valence electrons. The van der Waals surface area contributed by atoms with E-state index in [0.29, 0.717) is 6.61 Å². The van der Waals surface area contributed by atoms with Gasteiger partial charge in [0, 0.05) is 6.92 Å². The van der Waals surface area contributed by atoms with Gasteiger partial charge in [-0.3, -0.25) is 4.79 Å². The van der Waals surface area contributed by atoms with E-state index in [0.717, 1.165) is 0 Å². The highest BCUT2D eigenvalue weighted by Gasteiger charge is 2.24. The molecule has 0 aromatic carbocycles. The number of allylic oxidation sites excluding steroid dienone is 1. The van der Waals surface area contributed by atoms with Crippen LogP contribution in [0.15, 0.2) is 12.2 Å². The Kier molecular flexibility index (Phi) is 3.92. The molecule has 0 aliphatic carbocycles. The third-order valence-corrected chi connectivity index (χ3v) is 1.60. The predicted molar refractivity (Wildman–Crippen MR) is 46.1 cm³/mol. The van der Waals surface area contributed by atoms with E-state index in [9.17, 15) is 4.79 Å². The summed E-state index contributed by atoms with van der Waals surface area (Å²) in [5, 5.41) is 0. The van der Waals surface area contributed by atoms with Crippen LogP contribution in [0.1, 0.15) is 13.8 Å². The topological polar surface area (TPSA) is 44.8 Å². The zero-order chi connectivity index (χ0) is 9.68. The number of ether oxygens (including phenoxy) is 3. The van der Waals surface area contributed by atoms with Crippen molar-refractivity contribution in [2.75, 3.05) is 13.2 Å². The molecule has 0 spiro atoms. The Bertz CT molecular complexity index is 200. The van der Waals surface area contributed by atoms with Crippen LogP contribution < -0.4 is 0 Å². The first-order chi connectivity index (χ1) is 6.22. The number of rotatable bonds is 3. The highest BCUT2D eigenvalue weighted by molar-refractivity contribution is 5.65. The van der Waals surface area contributed by atoms with Crippen molar-refractivity contribution in [1.82, 2.24) is 0 Å². The number of esters is 1. The predicted octanol–water partition coefficient (Wildman–Crippen LogP) is 0.867. The molecule has 2 unspecified atom stereocenters. The second-order valence-corrected chi connectivity index (χ2v) is 2.79. The van der Waals surface area contributed by atoms with Crippen molar-refractivity contribution < 1.29 is 19.0 Å². The van der Waals surface area contributed by atoms with Crippen molar-refractivity contribution in [3.63, 3.8) is 0 Å². The van der Waals surface area contributed by atoms with Crippen LogP contribution >= 0.6 is 0 Å². The number of carbonyl (C=O) groups is 1. The van der Waals surface area contributed by atoms with E-state index in [4.69, 9.17) is 14.2 Å². The first kappa shape index (κ1) is 10.2. The lowest BCUT2D eigenvalue weighted by atomic mass is 10.4. The summed E-state index contributed by atoms with van der Waals surface area (Å²) in [6.45, 7) is 4.01. The van der Waals surface area contributed by atoms with Crippen LogP contribution in [-0.2, 0) is 19.0 Å². The summed E-state index contributed by atoms with van der Waals surface area (Å²) in [7, 11) is 0. The minimum Gasteiger partial charge on any atom is -0.463 e. The van der Waals surface area contributed by atoms with E-state index in [1.165, 1.54) is 6.92 Å². The van der Waals surface area contributed by atoms with E-state index in [1.807, 2.05) is 19.1 Å². The maximum atomic E-state index is 10.5. The van der Waals surface area contributed by atoms with Crippen molar-refractivity contribution in [3.05, 3.63) is 12.2 Å². The second-order valence-electron chi connectivity index (χ2n) is 2.79. The zero-order valence-electron chi connectivity index (χ0n) is 7.86. The largest absolute Gasteiger partial charge is 0.463 e. The molecule has 0 aromatic heterocycles. The quantitative estimate of drug-likeness (QED) is 0.484. The molecule has 0 N–H and O–H groups in total. The third kappa shape index (κ3) is 3.57. The van der Waals surface area contributed by atoms with E-state index >= 15 is 0 Å². The standard InChI is InChI=1S/C9H14O4/c1-3-4-9-12-6-8(13-9)5-11-7(2)10/h3-4,8-9H,5-6H2,1-2H3/b4-3+. The fraction of sp³-hybridized carbons (Fsp3) is 0.667. The molecular formula is C9H14O4. The molecule has 0 radical (unpaired) electrons. The molecule has 1 aliphatic rings. The van der Waals surface area contributed by atoms with Gasteiger partial charge < -0.3 is 14.2 Å². The van der Waals surface area contributed by atoms with E-state index in [-0.39, 0.29) is 25.0 Å². The lowest BCUT2D eigenvalue weighted by molar-refractivity contribution is -0.144. The molecule has 0 aromatic rings. The summed E-state index contributed by atoms with van der Waals surface area (Å²) in [6.07, 6.45) is 3.25. The fourth-order valence-corrected chi connectivity index (χ4v) is 1.03. The van der Waals surface area contributed by atoms with Gasteiger partial charge in [-0.1, -0.05) is 6.08 Å². The molecule has 1 aliphatic heterocycles. The zero-order valence-corrected chi connectivity index (χ0v) is 7.86. The molecule has 1 saturated heterocycles.